The Morgan fingerprint density at radius 1 is 1.16 bits per heavy atom. The largest absolute Gasteiger partial charge is 0.545 e. The first-order valence-corrected chi connectivity index (χ1v) is 8.76. The Balaban J connectivity index is 1.93. The number of hydrogen-bond donors (Lipinski definition) is 0. The molecule has 0 aliphatic carbocycles. The van der Waals surface area contributed by atoms with E-state index in [0.717, 1.165) is 16.7 Å². The van der Waals surface area contributed by atoms with Crippen molar-refractivity contribution in [3.05, 3.63) is 69.6 Å². The molecule has 1 heterocycles. The highest BCUT2D eigenvalue weighted by molar-refractivity contribution is 8.27. The average Bonchev–Trinajstić information content (AvgIpc) is 2.85. The zero-order valence-electron chi connectivity index (χ0n) is 13.6. The van der Waals surface area contributed by atoms with Gasteiger partial charge in [-0.1, -0.05) is 59.9 Å². The minimum absolute atomic E-state index is 0.0557. The van der Waals surface area contributed by atoms with Gasteiger partial charge >= 0.3 is 0 Å². The first-order chi connectivity index (χ1) is 11.9. The lowest BCUT2D eigenvalue weighted by Crippen LogP contribution is -2.28. The Bertz CT molecular complexity index is 917. The van der Waals surface area contributed by atoms with Crippen molar-refractivity contribution in [3.63, 3.8) is 0 Å². The molecule has 1 saturated heterocycles. The molecule has 2 aromatic rings. The van der Waals surface area contributed by atoms with E-state index in [1.54, 1.807) is 12.1 Å². The number of aromatic carboxylic acids is 1. The number of carbonyl (C=O) groups is 2. The number of carbonyl (C=O) groups excluding carboxylic acids is 2. The predicted octanol–water partition coefficient (Wildman–Crippen LogP) is 3.07. The van der Waals surface area contributed by atoms with Gasteiger partial charge in [0, 0.05) is 0 Å². The van der Waals surface area contributed by atoms with Crippen LogP contribution < -0.4 is 10.0 Å². The van der Waals surface area contributed by atoms with Gasteiger partial charge in [-0.3, -0.25) is 9.69 Å². The number of thiocarbonyl (C=S) groups is 1. The minimum Gasteiger partial charge on any atom is -0.545 e. The van der Waals surface area contributed by atoms with Crippen LogP contribution in [-0.2, 0) is 4.79 Å². The smallest absolute Gasteiger partial charge is 0.270 e. The van der Waals surface area contributed by atoms with Gasteiger partial charge < -0.3 is 9.90 Å². The lowest BCUT2D eigenvalue weighted by Gasteiger charge is -2.15. The summed E-state index contributed by atoms with van der Waals surface area (Å²) in [5.41, 5.74) is 3.77. The summed E-state index contributed by atoms with van der Waals surface area (Å²) in [4.78, 5) is 25.6. The fourth-order valence-corrected chi connectivity index (χ4v) is 3.78. The summed E-state index contributed by atoms with van der Waals surface area (Å²) in [5.74, 6) is -1.47. The first-order valence-electron chi connectivity index (χ1n) is 7.53. The maximum atomic E-state index is 12.8. The molecule has 4 nitrogen and oxygen atoms in total. The quantitative estimate of drug-likeness (QED) is 0.615. The topological polar surface area (TPSA) is 60.4 Å². The molecule has 0 spiro atoms. The third-order valence-electron chi connectivity index (χ3n) is 3.88. The van der Waals surface area contributed by atoms with Gasteiger partial charge in [0.1, 0.15) is 0 Å². The lowest BCUT2D eigenvalue weighted by molar-refractivity contribution is -0.255. The number of carboxylic acids is 1. The highest BCUT2D eigenvalue weighted by Gasteiger charge is 2.33. The van der Waals surface area contributed by atoms with E-state index >= 15 is 0 Å². The van der Waals surface area contributed by atoms with Crippen LogP contribution in [0.15, 0.2) is 47.4 Å². The summed E-state index contributed by atoms with van der Waals surface area (Å²) in [6.07, 6.45) is 1.84. The molecule has 6 heteroatoms. The van der Waals surface area contributed by atoms with Gasteiger partial charge in [-0.25, -0.2) is 0 Å². The third-order valence-corrected chi connectivity index (χ3v) is 5.18. The zero-order chi connectivity index (χ0) is 18.1. The molecule has 1 aliphatic heterocycles. The number of hydrogen-bond acceptors (Lipinski definition) is 5. The Morgan fingerprint density at radius 2 is 1.84 bits per heavy atom. The van der Waals surface area contributed by atoms with Crippen LogP contribution in [0.1, 0.15) is 27.0 Å². The van der Waals surface area contributed by atoms with Crippen molar-refractivity contribution < 1.29 is 14.7 Å². The molecular weight excluding hydrogens is 354 g/mol. The SMILES string of the molecule is Cc1ccc(C)c(/C=C2\SC(=S)N(c3ccc(C(=O)[O-])cc3)C2=O)c1. The summed E-state index contributed by atoms with van der Waals surface area (Å²) < 4.78 is 0.419. The van der Waals surface area contributed by atoms with E-state index in [9.17, 15) is 14.7 Å². The Morgan fingerprint density at radius 3 is 2.48 bits per heavy atom. The second-order valence-corrected chi connectivity index (χ2v) is 7.39. The highest BCUT2D eigenvalue weighted by Crippen LogP contribution is 2.36. The van der Waals surface area contributed by atoms with Crippen LogP contribution in [0.4, 0.5) is 5.69 Å². The van der Waals surface area contributed by atoms with Gasteiger partial charge in [0.2, 0.25) is 0 Å². The van der Waals surface area contributed by atoms with Gasteiger partial charge in [0.05, 0.1) is 16.6 Å². The molecule has 3 rings (SSSR count). The van der Waals surface area contributed by atoms with E-state index in [-0.39, 0.29) is 11.5 Å². The number of benzene rings is 2. The molecule has 0 saturated carbocycles. The molecule has 0 bridgehead atoms. The van der Waals surface area contributed by atoms with E-state index in [1.807, 2.05) is 38.1 Å². The van der Waals surface area contributed by atoms with E-state index in [1.165, 1.54) is 28.8 Å². The summed E-state index contributed by atoms with van der Waals surface area (Å²) in [5, 5.41) is 10.8. The van der Waals surface area contributed by atoms with Gasteiger partial charge in [0.25, 0.3) is 5.91 Å². The van der Waals surface area contributed by atoms with Crippen molar-refractivity contribution in [2.24, 2.45) is 0 Å². The van der Waals surface area contributed by atoms with Gasteiger partial charge in [-0.15, -0.1) is 0 Å². The zero-order valence-corrected chi connectivity index (χ0v) is 15.2. The molecule has 2 aromatic carbocycles. The summed E-state index contributed by atoms with van der Waals surface area (Å²) in [7, 11) is 0. The summed E-state index contributed by atoms with van der Waals surface area (Å²) in [6, 6.07) is 12.0. The lowest BCUT2D eigenvalue weighted by atomic mass is 10.1. The van der Waals surface area contributed by atoms with Crippen molar-refractivity contribution in [1.82, 2.24) is 0 Å². The van der Waals surface area contributed by atoms with E-state index in [0.29, 0.717) is 14.9 Å². The Hall–Kier alpha value is -2.44. The number of amides is 1. The normalized spacial score (nSPS) is 15.9. The van der Waals surface area contributed by atoms with Crippen molar-refractivity contribution in [3.8, 4) is 0 Å². The number of thioether (sulfide) groups is 1. The van der Waals surface area contributed by atoms with Crippen LogP contribution in [0.2, 0.25) is 0 Å². The molecule has 0 N–H and O–H groups in total. The average molecular weight is 368 g/mol. The van der Waals surface area contributed by atoms with Crippen LogP contribution >= 0.6 is 24.0 Å². The predicted molar refractivity (Wildman–Crippen MR) is 102 cm³/mol. The number of aryl methyl sites for hydroxylation is 2. The summed E-state index contributed by atoms with van der Waals surface area (Å²) >= 11 is 6.57. The summed E-state index contributed by atoms with van der Waals surface area (Å²) in [6.45, 7) is 3.99. The molecule has 1 aliphatic rings. The first kappa shape index (κ1) is 17.4. The van der Waals surface area contributed by atoms with Crippen molar-refractivity contribution >= 4 is 51.9 Å². The maximum Gasteiger partial charge on any atom is 0.270 e. The molecule has 0 unspecified atom stereocenters. The second-order valence-electron chi connectivity index (χ2n) is 5.71. The number of nitrogens with zero attached hydrogens (tertiary/aromatic N) is 1. The fraction of sp³-hybridized carbons (Fsp3) is 0.105. The highest BCUT2D eigenvalue weighted by atomic mass is 32.2. The van der Waals surface area contributed by atoms with E-state index in [2.05, 4.69) is 0 Å². The number of carboxylic acid groups (broad SMARTS) is 1. The van der Waals surface area contributed by atoms with Crippen LogP contribution in [0.5, 0.6) is 0 Å². The molecule has 0 radical (unpaired) electrons. The van der Waals surface area contributed by atoms with Crippen LogP contribution in [0.25, 0.3) is 6.08 Å². The van der Waals surface area contributed by atoms with Crippen molar-refractivity contribution in [2.45, 2.75) is 13.8 Å². The molecule has 126 valence electrons. The van der Waals surface area contributed by atoms with Gasteiger partial charge in [-0.05, 0) is 48.7 Å². The van der Waals surface area contributed by atoms with Gasteiger partial charge in [-0.2, -0.15) is 0 Å². The number of anilines is 1. The second kappa shape index (κ2) is 6.82. The fourth-order valence-electron chi connectivity index (χ4n) is 2.49. The molecule has 0 aromatic heterocycles. The van der Waals surface area contributed by atoms with E-state index < -0.39 is 5.97 Å². The number of rotatable bonds is 3. The maximum absolute atomic E-state index is 12.8. The van der Waals surface area contributed by atoms with Crippen molar-refractivity contribution in [2.75, 3.05) is 4.90 Å². The van der Waals surface area contributed by atoms with Crippen LogP contribution in [0.3, 0.4) is 0 Å². The molecule has 1 fully saturated rings. The molecule has 0 atom stereocenters. The Kier molecular flexibility index (Phi) is 4.74. The minimum atomic E-state index is -1.26. The molecular formula is C19H14NO3S2-. The monoisotopic (exact) mass is 368 g/mol. The van der Waals surface area contributed by atoms with Crippen LogP contribution in [-0.4, -0.2) is 16.2 Å². The van der Waals surface area contributed by atoms with Crippen LogP contribution in [0, 0.1) is 13.8 Å². The molecule has 1 amide bonds. The standard InChI is InChI=1S/C19H15NO3S2/c1-11-3-4-12(2)14(9-11)10-16-17(21)20(19(24)25-16)15-7-5-13(6-8-15)18(22)23/h3-10H,1-2H3,(H,22,23)/p-1/b16-10-. The van der Waals surface area contributed by atoms with E-state index in [4.69, 9.17) is 12.2 Å². The van der Waals surface area contributed by atoms with Crippen molar-refractivity contribution in [1.29, 1.82) is 0 Å². The van der Waals surface area contributed by atoms with Gasteiger partial charge in [0.15, 0.2) is 4.32 Å². The molecule has 25 heavy (non-hydrogen) atoms. The Labute approximate surface area is 155 Å². The third kappa shape index (κ3) is 3.50.